The van der Waals surface area contributed by atoms with Crippen LogP contribution in [-0.4, -0.2) is 54.3 Å². The number of halogens is 1. The Labute approximate surface area is 174 Å². The highest BCUT2D eigenvalue weighted by Crippen LogP contribution is 2.22. The van der Waals surface area contributed by atoms with Crippen molar-refractivity contribution < 1.29 is 5.11 Å². The van der Waals surface area contributed by atoms with Gasteiger partial charge in [0.1, 0.15) is 0 Å². The van der Waals surface area contributed by atoms with Crippen molar-refractivity contribution in [3.05, 3.63) is 34.9 Å². The Hall–Kier alpha value is -1.30. The van der Waals surface area contributed by atoms with Crippen LogP contribution in [0.25, 0.3) is 0 Å². The van der Waals surface area contributed by atoms with Gasteiger partial charge in [-0.25, -0.2) is 0 Å². The quantitative estimate of drug-likeness (QED) is 0.500. The first-order valence-electron chi connectivity index (χ1n) is 10.8. The van der Waals surface area contributed by atoms with Crippen molar-refractivity contribution in [1.29, 1.82) is 0 Å². The average molecular weight is 407 g/mol. The van der Waals surface area contributed by atoms with Crippen LogP contribution in [0.3, 0.4) is 0 Å². The van der Waals surface area contributed by atoms with Crippen LogP contribution < -0.4 is 10.6 Å². The minimum absolute atomic E-state index is 0.117. The second kappa shape index (κ2) is 11.0. The van der Waals surface area contributed by atoms with Gasteiger partial charge < -0.3 is 15.7 Å². The zero-order valence-corrected chi connectivity index (χ0v) is 17.8. The molecule has 0 atom stereocenters. The van der Waals surface area contributed by atoms with E-state index in [-0.39, 0.29) is 6.10 Å². The number of benzene rings is 1. The third-order valence-corrected chi connectivity index (χ3v) is 6.32. The van der Waals surface area contributed by atoms with Gasteiger partial charge >= 0.3 is 0 Å². The fourth-order valence-electron chi connectivity index (χ4n) is 4.15. The molecule has 3 rings (SSSR count). The molecular weight excluding hydrogens is 372 g/mol. The lowest BCUT2D eigenvalue weighted by Crippen LogP contribution is -2.45. The maximum absolute atomic E-state index is 9.68. The van der Waals surface area contributed by atoms with E-state index in [9.17, 15) is 5.11 Å². The molecule has 1 aromatic carbocycles. The van der Waals surface area contributed by atoms with E-state index in [1.807, 2.05) is 12.1 Å². The van der Waals surface area contributed by atoms with Crippen LogP contribution in [0.15, 0.2) is 29.3 Å². The van der Waals surface area contributed by atoms with Gasteiger partial charge in [-0.1, -0.05) is 29.8 Å². The van der Waals surface area contributed by atoms with E-state index >= 15 is 0 Å². The molecule has 0 amide bonds. The van der Waals surface area contributed by atoms with E-state index in [1.165, 1.54) is 18.4 Å². The molecule has 1 saturated carbocycles. The largest absolute Gasteiger partial charge is 0.393 e. The molecule has 3 N–H and O–H groups in total. The van der Waals surface area contributed by atoms with Crippen LogP contribution in [0.2, 0.25) is 5.02 Å². The standard InChI is InChI=1S/C22H35ClN4O/c1-2-24-22(26-19-7-9-20(28)10-8-19)25-15-17-11-13-27(14-12-17)16-18-5-3-4-6-21(18)23/h3-6,17,19-20,28H,2,7-16H2,1H3,(H2,24,25,26). The highest BCUT2D eigenvalue weighted by Gasteiger charge is 2.22. The molecule has 28 heavy (non-hydrogen) atoms. The monoisotopic (exact) mass is 406 g/mol. The lowest BCUT2D eigenvalue weighted by molar-refractivity contribution is 0.120. The van der Waals surface area contributed by atoms with Crippen molar-refractivity contribution in [3.8, 4) is 0 Å². The number of nitrogens with one attached hydrogen (secondary N) is 2. The highest BCUT2D eigenvalue weighted by molar-refractivity contribution is 6.31. The second-order valence-electron chi connectivity index (χ2n) is 8.18. The molecule has 0 unspecified atom stereocenters. The summed E-state index contributed by atoms with van der Waals surface area (Å²) in [6.07, 6.45) is 6.07. The number of guanidine groups is 1. The SMILES string of the molecule is CCNC(=NCC1CCN(Cc2ccccc2Cl)CC1)NC1CCC(O)CC1. The number of hydrogen-bond donors (Lipinski definition) is 3. The van der Waals surface area contributed by atoms with Gasteiger partial charge in [-0.05, 0) is 76.1 Å². The molecule has 1 saturated heterocycles. The molecule has 2 fully saturated rings. The molecule has 2 aliphatic rings. The highest BCUT2D eigenvalue weighted by atomic mass is 35.5. The van der Waals surface area contributed by atoms with Crippen molar-refractivity contribution in [2.45, 2.75) is 64.1 Å². The van der Waals surface area contributed by atoms with Crippen LogP contribution in [0.4, 0.5) is 0 Å². The molecule has 1 aliphatic heterocycles. The molecular formula is C22H35ClN4O. The van der Waals surface area contributed by atoms with Gasteiger partial charge in [0, 0.05) is 30.7 Å². The van der Waals surface area contributed by atoms with Crippen molar-refractivity contribution in [2.75, 3.05) is 26.2 Å². The first-order chi connectivity index (χ1) is 13.6. The summed E-state index contributed by atoms with van der Waals surface area (Å²) in [5, 5.41) is 17.5. The smallest absolute Gasteiger partial charge is 0.191 e. The normalized spacial score (nSPS) is 24.9. The molecule has 1 aliphatic carbocycles. The van der Waals surface area contributed by atoms with Crippen LogP contribution in [0.5, 0.6) is 0 Å². The first-order valence-corrected chi connectivity index (χ1v) is 11.2. The molecule has 1 aromatic rings. The zero-order chi connectivity index (χ0) is 19.8. The molecule has 5 nitrogen and oxygen atoms in total. The van der Waals surface area contributed by atoms with Crippen LogP contribution in [-0.2, 0) is 6.54 Å². The summed E-state index contributed by atoms with van der Waals surface area (Å²) < 4.78 is 0. The Morgan fingerprint density at radius 3 is 2.54 bits per heavy atom. The molecule has 156 valence electrons. The first kappa shape index (κ1) is 21.4. The van der Waals surface area contributed by atoms with E-state index in [0.717, 1.165) is 69.4 Å². The number of nitrogens with zero attached hydrogens (tertiary/aromatic N) is 2. The molecule has 0 bridgehead atoms. The number of aliphatic hydroxyl groups excluding tert-OH is 1. The van der Waals surface area contributed by atoms with Crippen LogP contribution >= 0.6 is 11.6 Å². The third-order valence-electron chi connectivity index (χ3n) is 5.95. The van der Waals surface area contributed by atoms with Gasteiger partial charge in [-0.3, -0.25) is 9.89 Å². The van der Waals surface area contributed by atoms with E-state index in [4.69, 9.17) is 16.6 Å². The van der Waals surface area contributed by atoms with E-state index in [0.29, 0.717) is 12.0 Å². The number of likely N-dealkylation sites (tertiary alicyclic amines) is 1. The van der Waals surface area contributed by atoms with E-state index < -0.39 is 0 Å². The number of hydrogen-bond acceptors (Lipinski definition) is 3. The average Bonchev–Trinajstić information content (AvgIpc) is 2.71. The number of aliphatic hydroxyl groups is 1. The maximum Gasteiger partial charge on any atom is 0.191 e. The Morgan fingerprint density at radius 1 is 1.14 bits per heavy atom. The fourth-order valence-corrected chi connectivity index (χ4v) is 4.34. The lowest BCUT2D eigenvalue weighted by Gasteiger charge is -2.32. The predicted octanol–water partition coefficient (Wildman–Crippen LogP) is 3.41. The summed E-state index contributed by atoms with van der Waals surface area (Å²) in [5.74, 6) is 1.58. The second-order valence-corrected chi connectivity index (χ2v) is 8.59. The summed E-state index contributed by atoms with van der Waals surface area (Å²) in [4.78, 5) is 7.36. The minimum Gasteiger partial charge on any atom is -0.393 e. The number of rotatable bonds is 6. The number of piperidine rings is 1. The van der Waals surface area contributed by atoms with Crippen molar-refractivity contribution in [3.63, 3.8) is 0 Å². The van der Waals surface area contributed by atoms with Gasteiger partial charge in [-0.15, -0.1) is 0 Å². The summed E-state index contributed by atoms with van der Waals surface area (Å²) in [7, 11) is 0. The van der Waals surface area contributed by atoms with E-state index in [2.05, 4.69) is 34.6 Å². The lowest BCUT2D eigenvalue weighted by atomic mass is 9.93. The van der Waals surface area contributed by atoms with Gasteiger partial charge in [0.25, 0.3) is 0 Å². The van der Waals surface area contributed by atoms with Gasteiger partial charge in [-0.2, -0.15) is 0 Å². The molecule has 6 heteroatoms. The summed E-state index contributed by atoms with van der Waals surface area (Å²) in [6, 6.07) is 8.57. The zero-order valence-electron chi connectivity index (χ0n) is 17.0. The topological polar surface area (TPSA) is 59.9 Å². The Kier molecular flexibility index (Phi) is 8.44. The van der Waals surface area contributed by atoms with Crippen molar-refractivity contribution >= 4 is 17.6 Å². The van der Waals surface area contributed by atoms with Crippen molar-refractivity contribution in [2.24, 2.45) is 10.9 Å². The molecule has 0 aromatic heterocycles. The maximum atomic E-state index is 9.68. The molecule has 0 radical (unpaired) electrons. The Morgan fingerprint density at radius 2 is 1.86 bits per heavy atom. The van der Waals surface area contributed by atoms with Gasteiger partial charge in [0.05, 0.1) is 6.10 Å². The van der Waals surface area contributed by atoms with Crippen LogP contribution in [0, 0.1) is 5.92 Å². The van der Waals surface area contributed by atoms with E-state index in [1.54, 1.807) is 0 Å². The predicted molar refractivity (Wildman–Crippen MR) is 117 cm³/mol. The van der Waals surface area contributed by atoms with Gasteiger partial charge in [0.2, 0.25) is 0 Å². The van der Waals surface area contributed by atoms with Crippen molar-refractivity contribution in [1.82, 2.24) is 15.5 Å². The molecule has 1 heterocycles. The summed E-state index contributed by atoms with van der Waals surface area (Å²) in [6.45, 7) is 7.01. The van der Waals surface area contributed by atoms with Crippen LogP contribution in [0.1, 0.15) is 51.0 Å². The molecule has 0 spiro atoms. The Bertz CT molecular complexity index is 623. The number of aliphatic imine (C=N–C) groups is 1. The minimum atomic E-state index is -0.117. The summed E-state index contributed by atoms with van der Waals surface area (Å²) >= 11 is 6.30. The fraction of sp³-hybridized carbons (Fsp3) is 0.682. The third kappa shape index (κ3) is 6.64. The van der Waals surface area contributed by atoms with Gasteiger partial charge in [0.15, 0.2) is 5.96 Å². The Balaban J connectivity index is 1.43. The summed E-state index contributed by atoms with van der Waals surface area (Å²) in [5.41, 5.74) is 1.22.